The number of hydrogen-bond donors (Lipinski definition) is 1. The average molecular weight is 423 g/mol. The van der Waals surface area contributed by atoms with E-state index in [2.05, 4.69) is 26.7 Å². The highest BCUT2D eigenvalue weighted by atomic mass is 32.1. The molecule has 0 aliphatic carbocycles. The molecule has 1 saturated heterocycles. The smallest absolute Gasteiger partial charge is 0.242 e. The Morgan fingerprint density at radius 2 is 2.03 bits per heavy atom. The predicted molar refractivity (Wildman–Crippen MR) is 119 cm³/mol. The second-order valence-electron chi connectivity index (χ2n) is 7.40. The lowest BCUT2D eigenvalue weighted by atomic mass is 10.1. The molecule has 4 rings (SSSR count). The summed E-state index contributed by atoms with van der Waals surface area (Å²) in [7, 11) is 1.66. The van der Waals surface area contributed by atoms with Crippen LogP contribution in [0.2, 0.25) is 0 Å². The van der Waals surface area contributed by atoms with Crippen LogP contribution in [-0.2, 0) is 17.6 Å². The van der Waals surface area contributed by atoms with Crippen molar-refractivity contribution in [3.8, 4) is 5.75 Å². The number of ether oxygens (including phenoxy) is 1. The van der Waals surface area contributed by atoms with Gasteiger partial charge in [-0.1, -0.05) is 42.5 Å². The summed E-state index contributed by atoms with van der Waals surface area (Å²) in [6.45, 7) is 1.48. The minimum atomic E-state index is -0.168. The molecule has 6 nitrogen and oxygen atoms in total. The van der Waals surface area contributed by atoms with Crippen LogP contribution in [0.25, 0.3) is 0 Å². The first-order chi connectivity index (χ1) is 14.7. The monoisotopic (exact) mass is 422 g/mol. The second kappa shape index (κ2) is 9.71. The molecule has 2 aromatic carbocycles. The van der Waals surface area contributed by atoms with Crippen LogP contribution in [0.3, 0.4) is 0 Å². The normalized spacial score (nSPS) is 15.9. The lowest BCUT2D eigenvalue weighted by Gasteiger charge is -2.22. The summed E-state index contributed by atoms with van der Waals surface area (Å²) in [5, 5.41) is 3.92. The fraction of sp³-hybridized carbons (Fsp3) is 0.348. The minimum absolute atomic E-state index is 0.0768. The van der Waals surface area contributed by atoms with E-state index >= 15 is 0 Å². The molecule has 7 heteroatoms. The molecule has 0 spiro atoms. The fourth-order valence-electron chi connectivity index (χ4n) is 3.76. The van der Waals surface area contributed by atoms with Gasteiger partial charge in [0.25, 0.3) is 0 Å². The minimum Gasteiger partial charge on any atom is -0.497 e. The van der Waals surface area contributed by atoms with Crippen LogP contribution in [-0.4, -0.2) is 41.5 Å². The van der Waals surface area contributed by atoms with E-state index < -0.39 is 0 Å². The zero-order valence-electron chi connectivity index (χ0n) is 17.1. The van der Waals surface area contributed by atoms with E-state index in [1.807, 2.05) is 42.5 Å². The molecule has 2 heterocycles. The van der Waals surface area contributed by atoms with Crippen molar-refractivity contribution in [2.24, 2.45) is 0 Å². The Labute approximate surface area is 181 Å². The molecule has 1 aromatic heterocycles. The lowest BCUT2D eigenvalue weighted by Crippen LogP contribution is -2.44. The van der Waals surface area contributed by atoms with E-state index in [9.17, 15) is 4.79 Å². The van der Waals surface area contributed by atoms with E-state index in [-0.39, 0.29) is 11.9 Å². The Balaban J connectivity index is 1.35. The highest BCUT2D eigenvalue weighted by Gasteiger charge is 2.32. The van der Waals surface area contributed by atoms with Crippen LogP contribution in [0.4, 0.5) is 5.13 Å². The third-order valence-corrected chi connectivity index (χ3v) is 6.10. The Kier molecular flexibility index (Phi) is 6.59. The standard InChI is InChI=1S/C23H26N4O2S/c1-29-19-10-5-9-18(15-19)16-21-25-23(30-26-21)27-14-6-11-20(27)22(28)24-13-12-17-7-3-2-4-8-17/h2-5,7-10,15,20H,6,11-14,16H2,1H3,(H,24,28). The van der Waals surface area contributed by atoms with E-state index in [1.54, 1.807) is 7.11 Å². The number of carbonyl (C=O) groups is 1. The fourth-order valence-corrected chi connectivity index (χ4v) is 4.52. The Morgan fingerprint density at radius 3 is 2.87 bits per heavy atom. The van der Waals surface area contributed by atoms with Crippen molar-refractivity contribution in [3.63, 3.8) is 0 Å². The van der Waals surface area contributed by atoms with Crippen molar-refractivity contribution in [2.45, 2.75) is 31.7 Å². The molecule has 1 unspecified atom stereocenters. The zero-order chi connectivity index (χ0) is 20.8. The van der Waals surface area contributed by atoms with Crippen molar-refractivity contribution in [2.75, 3.05) is 25.1 Å². The Morgan fingerprint density at radius 1 is 1.20 bits per heavy atom. The van der Waals surface area contributed by atoms with E-state index in [0.717, 1.165) is 48.1 Å². The molecular weight excluding hydrogens is 396 g/mol. The van der Waals surface area contributed by atoms with Gasteiger partial charge in [0, 0.05) is 31.0 Å². The summed E-state index contributed by atoms with van der Waals surface area (Å²) in [4.78, 5) is 19.6. The van der Waals surface area contributed by atoms with Crippen molar-refractivity contribution < 1.29 is 9.53 Å². The van der Waals surface area contributed by atoms with Crippen molar-refractivity contribution in [3.05, 3.63) is 71.5 Å². The van der Waals surface area contributed by atoms with E-state index in [0.29, 0.717) is 13.0 Å². The third-order valence-electron chi connectivity index (χ3n) is 5.31. The first-order valence-corrected chi connectivity index (χ1v) is 11.0. The SMILES string of the molecule is COc1cccc(Cc2nsc(N3CCCC3C(=O)NCCc3ccccc3)n2)c1. The highest BCUT2D eigenvalue weighted by Crippen LogP contribution is 2.28. The molecule has 1 atom stereocenters. The lowest BCUT2D eigenvalue weighted by molar-refractivity contribution is -0.122. The summed E-state index contributed by atoms with van der Waals surface area (Å²) >= 11 is 1.37. The molecule has 1 aliphatic heterocycles. The Hall–Kier alpha value is -2.93. The number of nitrogens with one attached hydrogen (secondary N) is 1. The first kappa shape index (κ1) is 20.3. The van der Waals surface area contributed by atoms with Gasteiger partial charge in [0.15, 0.2) is 0 Å². The molecule has 0 radical (unpaired) electrons. The van der Waals surface area contributed by atoms with E-state index in [4.69, 9.17) is 9.72 Å². The van der Waals surface area contributed by atoms with Crippen LogP contribution in [0.1, 0.15) is 29.8 Å². The van der Waals surface area contributed by atoms with E-state index in [1.165, 1.54) is 17.1 Å². The number of benzene rings is 2. The van der Waals surface area contributed by atoms with Crippen LogP contribution < -0.4 is 15.0 Å². The van der Waals surface area contributed by atoms with Gasteiger partial charge in [-0.3, -0.25) is 4.79 Å². The average Bonchev–Trinajstić information content (AvgIpc) is 3.44. The molecule has 1 fully saturated rings. The second-order valence-corrected chi connectivity index (χ2v) is 8.13. The molecule has 156 valence electrons. The quantitative estimate of drug-likeness (QED) is 0.602. The van der Waals surface area contributed by atoms with Gasteiger partial charge in [-0.05, 0) is 42.5 Å². The highest BCUT2D eigenvalue weighted by molar-refractivity contribution is 7.09. The van der Waals surface area contributed by atoms with Gasteiger partial charge >= 0.3 is 0 Å². The predicted octanol–water partition coefficient (Wildman–Crippen LogP) is 3.47. The number of hydrogen-bond acceptors (Lipinski definition) is 6. The summed E-state index contributed by atoms with van der Waals surface area (Å²) in [5.41, 5.74) is 2.34. The molecule has 30 heavy (non-hydrogen) atoms. The van der Waals surface area contributed by atoms with Gasteiger partial charge in [0.2, 0.25) is 11.0 Å². The number of carbonyl (C=O) groups excluding carboxylic acids is 1. The summed E-state index contributed by atoms with van der Waals surface area (Å²) in [6, 6.07) is 18.0. The van der Waals surface area contributed by atoms with Gasteiger partial charge in [-0.2, -0.15) is 4.37 Å². The first-order valence-electron chi connectivity index (χ1n) is 10.3. The number of anilines is 1. The van der Waals surface area contributed by atoms with Crippen molar-refractivity contribution in [1.29, 1.82) is 0 Å². The molecule has 1 N–H and O–H groups in total. The maximum absolute atomic E-state index is 12.8. The molecule has 1 amide bonds. The van der Waals surface area contributed by atoms with Gasteiger partial charge in [0.1, 0.15) is 17.6 Å². The van der Waals surface area contributed by atoms with Gasteiger partial charge in [-0.15, -0.1) is 0 Å². The van der Waals surface area contributed by atoms with Gasteiger partial charge < -0.3 is 15.0 Å². The Bertz CT molecular complexity index is 976. The van der Waals surface area contributed by atoms with Gasteiger partial charge in [0.05, 0.1) is 7.11 Å². The number of amides is 1. The van der Waals surface area contributed by atoms with Crippen LogP contribution >= 0.6 is 11.5 Å². The topological polar surface area (TPSA) is 67.3 Å². The summed E-state index contributed by atoms with van der Waals surface area (Å²) < 4.78 is 9.81. The van der Waals surface area contributed by atoms with Crippen LogP contribution in [0.15, 0.2) is 54.6 Å². The number of methoxy groups -OCH3 is 1. The number of aromatic nitrogens is 2. The zero-order valence-corrected chi connectivity index (χ0v) is 17.9. The molecule has 0 saturated carbocycles. The largest absolute Gasteiger partial charge is 0.497 e. The summed E-state index contributed by atoms with van der Waals surface area (Å²) in [6.07, 6.45) is 3.32. The maximum Gasteiger partial charge on any atom is 0.242 e. The van der Waals surface area contributed by atoms with Crippen LogP contribution in [0.5, 0.6) is 5.75 Å². The van der Waals surface area contributed by atoms with Gasteiger partial charge in [-0.25, -0.2) is 4.98 Å². The maximum atomic E-state index is 12.8. The van der Waals surface area contributed by atoms with Crippen LogP contribution in [0, 0.1) is 0 Å². The number of rotatable bonds is 8. The van der Waals surface area contributed by atoms with Crippen molar-refractivity contribution >= 4 is 22.6 Å². The van der Waals surface area contributed by atoms with Crippen molar-refractivity contribution in [1.82, 2.24) is 14.7 Å². The molecule has 3 aromatic rings. The molecular formula is C23H26N4O2S. The number of nitrogens with zero attached hydrogens (tertiary/aromatic N) is 3. The summed E-state index contributed by atoms with van der Waals surface area (Å²) in [5.74, 6) is 1.68. The molecule has 1 aliphatic rings. The third kappa shape index (κ3) is 4.97. The molecule has 0 bridgehead atoms.